The van der Waals surface area contributed by atoms with Crippen LogP contribution in [0, 0.1) is 6.92 Å². The number of piperazine rings is 1. The third-order valence-corrected chi connectivity index (χ3v) is 4.78. The van der Waals surface area contributed by atoms with Crippen LogP contribution in [-0.2, 0) is 0 Å². The molecule has 0 saturated carbocycles. The fourth-order valence-corrected chi connectivity index (χ4v) is 3.40. The number of nitrogens with two attached hydrogens (primary N) is 1. The van der Waals surface area contributed by atoms with E-state index in [1.54, 1.807) is 11.3 Å². The maximum absolute atomic E-state index is 6.14. The van der Waals surface area contributed by atoms with E-state index in [1.807, 2.05) is 23.7 Å². The predicted molar refractivity (Wildman–Crippen MR) is 87.1 cm³/mol. The van der Waals surface area contributed by atoms with Gasteiger partial charge < -0.3 is 15.5 Å². The third kappa shape index (κ3) is 2.55. The number of hydrogen-bond donors (Lipinski definition) is 1. The monoisotopic (exact) mass is 308 g/mol. The van der Waals surface area contributed by atoms with Crippen molar-refractivity contribution in [2.24, 2.45) is 0 Å². The van der Waals surface area contributed by atoms with E-state index >= 15 is 0 Å². The van der Waals surface area contributed by atoms with Gasteiger partial charge in [-0.05, 0) is 24.6 Å². The number of nitrogens with zero attached hydrogens (tertiary/aromatic N) is 3. The van der Waals surface area contributed by atoms with E-state index in [0.29, 0.717) is 10.7 Å². The van der Waals surface area contributed by atoms with Crippen LogP contribution < -0.4 is 15.5 Å². The number of hydrogen-bond acceptors (Lipinski definition) is 5. The van der Waals surface area contributed by atoms with Crippen molar-refractivity contribution in [2.45, 2.75) is 6.92 Å². The van der Waals surface area contributed by atoms with Crippen LogP contribution in [0.2, 0.25) is 5.02 Å². The number of nitrogen functional groups attached to an aromatic ring is 1. The van der Waals surface area contributed by atoms with Crippen molar-refractivity contribution in [3.8, 4) is 0 Å². The maximum Gasteiger partial charge on any atom is 0.185 e. The zero-order valence-electron chi connectivity index (χ0n) is 11.3. The van der Waals surface area contributed by atoms with Gasteiger partial charge in [-0.1, -0.05) is 11.6 Å². The highest BCUT2D eigenvalue weighted by molar-refractivity contribution is 7.13. The first-order valence-electron chi connectivity index (χ1n) is 6.60. The van der Waals surface area contributed by atoms with Gasteiger partial charge in [-0.15, -0.1) is 11.3 Å². The largest absolute Gasteiger partial charge is 0.398 e. The summed E-state index contributed by atoms with van der Waals surface area (Å²) in [4.78, 5) is 9.06. The third-order valence-electron chi connectivity index (χ3n) is 3.63. The first kappa shape index (κ1) is 13.5. The summed E-state index contributed by atoms with van der Waals surface area (Å²) in [5.74, 6) is 0. The van der Waals surface area contributed by atoms with Crippen molar-refractivity contribution in [2.75, 3.05) is 41.7 Å². The molecule has 1 aromatic heterocycles. The molecule has 3 rings (SSSR count). The number of halogens is 1. The quantitative estimate of drug-likeness (QED) is 0.866. The normalized spacial score (nSPS) is 15.7. The zero-order valence-corrected chi connectivity index (χ0v) is 12.9. The molecule has 1 saturated heterocycles. The van der Waals surface area contributed by atoms with Crippen molar-refractivity contribution in [1.29, 1.82) is 0 Å². The molecular formula is C14H17ClN4S. The molecule has 0 aliphatic carbocycles. The Bertz CT molecular complexity index is 591. The minimum absolute atomic E-state index is 0.632. The average molecular weight is 309 g/mol. The van der Waals surface area contributed by atoms with Crippen molar-refractivity contribution >= 4 is 39.4 Å². The summed E-state index contributed by atoms with van der Waals surface area (Å²) in [5.41, 5.74) is 8.85. The van der Waals surface area contributed by atoms with Crippen LogP contribution in [0.3, 0.4) is 0 Å². The SMILES string of the molecule is Cc1cc(N)c(Cl)cc1N1CCN(c2nccs2)CC1. The molecule has 2 aromatic rings. The number of aromatic nitrogens is 1. The van der Waals surface area contributed by atoms with Gasteiger partial charge >= 0.3 is 0 Å². The highest BCUT2D eigenvalue weighted by atomic mass is 35.5. The summed E-state index contributed by atoms with van der Waals surface area (Å²) in [6.45, 7) is 5.99. The van der Waals surface area contributed by atoms with Crippen molar-refractivity contribution in [3.05, 3.63) is 34.3 Å². The molecule has 0 spiro atoms. The first-order chi connectivity index (χ1) is 9.65. The average Bonchev–Trinajstić information content (AvgIpc) is 2.97. The Morgan fingerprint density at radius 3 is 2.55 bits per heavy atom. The Hall–Kier alpha value is -1.46. The second-order valence-corrected chi connectivity index (χ2v) is 6.23. The van der Waals surface area contributed by atoms with E-state index in [9.17, 15) is 0 Å². The van der Waals surface area contributed by atoms with Gasteiger partial charge in [0.2, 0.25) is 0 Å². The Kier molecular flexibility index (Phi) is 3.72. The second-order valence-electron chi connectivity index (χ2n) is 4.95. The van der Waals surface area contributed by atoms with Crippen LogP contribution in [0.4, 0.5) is 16.5 Å². The van der Waals surface area contributed by atoms with Crippen LogP contribution in [0.25, 0.3) is 0 Å². The minimum atomic E-state index is 0.632. The Labute approximate surface area is 127 Å². The molecule has 1 aliphatic rings. The van der Waals surface area contributed by atoms with E-state index in [0.717, 1.165) is 31.3 Å². The van der Waals surface area contributed by atoms with Crippen molar-refractivity contribution < 1.29 is 0 Å². The number of thiazole rings is 1. The maximum atomic E-state index is 6.14. The highest BCUT2D eigenvalue weighted by Crippen LogP contribution is 2.30. The van der Waals surface area contributed by atoms with Gasteiger partial charge in [0.15, 0.2) is 5.13 Å². The summed E-state index contributed by atoms with van der Waals surface area (Å²) in [6.07, 6.45) is 1.86. The molecule has 0 bridgehead atoms. The van der Waals surface area contributed by atoms with Crippen LogP contribution in [-0.4, -0.2) is 31.2 Å². The summed E-state index contributed by atoms with van der Waals surface area (Å²) < 4.78 is 0. The smallest absolute Gasteiger partial charge is 0.185 e. The van der Waals surface area contributed by atoms with E-state index in [4.69, 9.17) is 17.3 Å². The summed E-state index contributed by atoms with van der Waals surface area (Å²) in [7, 11) is 0. The fourth-order valence-electron chi connectivity index (χ4n) is 2.54. The highest BCUT2D eigenvalue weighted by Gasteiger charge is 2.20. The Morgan fingerprint density at radius 1 is 1.20 bits per heavy atom. The molecule has 0 atom stereocenters. The fraction of sp³-hybridized carbons (Fsp3) is 0.357. The lowest BCUT2D eigenvalue weighted by atomic mass is 10.1. The lowest BCUT2D eigenvalue weighted by Gasteiger charge is -2.36. The molecule has 4 nitrogen and oxygen atoms in total. The van der Waals surface area contributed by atoms with E-state index < -0.39 is 0 Å². The zero-order chi connectivity index (χ0) is 14.1. The molecule has 1 aromatic carbocycles. The Balaban J connectivity index is 1.74. The predicted octanol–water partition coefficient (Wildman–Crippen LogP) is 3.01. The van der Waals surface area contributed by atoms with E-state index in [2.05, 4.69) is 21.7 Å². The van der Waals surface area contributed by atoms with Crippen LogP contribution in [0.5, 0.6) is 0 Å². The molecule has 2 N–H and O–H groups in total. The molecule has 0 radical (unpaired) electrons. The molecular weight excluding hydrogens is 292 g/mol. The van der Waals surface area contributed by atoms with Gasteiger partial charge in [0.25, 0.3) is 0 Å². The lowest BCUT2D eigenvalue weighted by Crippen LogP contribution is -2.46. The molecule has 20 heavy (non-hydrogen) atoms. The number of rotatable bonds is 2. The molecule has 1 fully saturated rings. The van der Waals surface area contributed by atoms with Crippen LogP contribution in [0.15, 0.2) is 23.7 Å². The Morgan fingerprint density at radius 2 is 1.90 bits per heavy atom. The number of anilines is 3. The van der Waals surface area contributed by atoms with Gasteiger partial charge in [-0.2, -0.15) is 0 Å². The topological polar surface area (TPSA) is 45.4 Å². The summed E-state index contributed by atoms with van der Waals surface area (Å²) in [5, 5.41) is 3.76. The van der Waals surface area contributed by atoms with Gasteiger partial charge in [-0.25, -0.2) is 4.98 Å². The summed E-state index contributed by atoms with van der Waals surface area (Å²) >= 11 is 7.84. The molecule has 2 heterocycles. The molecule has 0 unspecified atom stereocenters. The van der Waals surface area contributed by atoms with Gasteiger partial charge in [0, 0.05) is 43.4 Å². The molecule has 0 amide bonds. The van der Waals surface area contributed by atoms with E-state index in [1.165, 1.54) is 11.3 Å². The van der Waals surface area contributed by atoms with Gasteiger partial charge in [0.1, 0.15) is 0 Å². The first-order valence-corrected chi connectivity index (χ1v) is 7.86. The van der Waals surface area contributed by atoms with Crippen LogP contribution in [0.1, 0.15) is 5.56 Å². The number of aryl methyl sites for hydroxylation is 1. The second kappa shape index (κ2) is 5.50. The molecule has 1 aliphatic heterocycles. The molecule has 106 valence electrons. The van der Waals surface area contributed by atoms with E-state index in [-0.39, 0.29) is 0 Å². The summed E-state index contributed by atoms with van der Waals surface area (Å²) in [6, 6.07) is 3.93. The van der Waals surface area contributed by atoms with Gasteiger partial charge in [0.05, 0.1) is 10.7 Å². The minimum Gasteiger partial charge on any atom is -0.398 e. The standard InChI is InChI=1S/C14H17ClN4S/c1-10-8-12(16)11(15)9-13(10)18-3-5-19(6-4-18)14-17-2-7-20-14/h2,7-9H,3-6,16H2,1H3. The van der Waals surface area contributed by atoms with Gasteiger partial charge in [-0.3, -0.25) is 0 Å². The van der Waals surface area contributed by atoms with Crippen molar-refractivity contribution in [3.63, 3.8) is 0 Å². The van der Waals surface area contributed by atoms with Crippen LogP contribution >= 0.6 is 22.9 Å². The number of benzene rings is 1. The van der Waals surface area contributed by atoms with Crippen molar-refractivity contribution in [1.82, 2.24) is 4.98 Å². The molecule has 6 heteroatoms. The lowest BCUT2D eigenvalue weighted by molar-refractivity contribution is 0.651.